The molecule has 2 aliphatic rings. The second kappa shape index (κ2) is 9.21. The van der Waals surface area contributed by atoms with Gasteiger partial charge in [-0.25, -0.2) is 38.5 Å². The summed E-state index contributed by atoms with van der Waals surface area (Å²) in [5.74, 6) is -2.97. The number of hydrogen-bond acceptors (Lipinski definition) is 10. The number of carbonyl (C=O) groups excluding carboxylic acids is 5. The van der Waals surface area contributed by atoms with Gasteiger partial charge in [-0.3, -0.25) is 19.9 Å². The van der Waals surface area contributed by atoms with E-state index in [4.69, 9.17) is 5.11 Å². The van der Waals surface area contributed by atoms with Crippen molar-refractivity contribution in [2.75, 3.05) is 19.6 Å². The number of hydrogen-bond donors (Lipinski definition) is 7. The van der Waals surface area contributed by atoms with Crippen molar-refractivity contribution in [1.29, 1.82) is 0 Å². The highest BCUT2D eigenvalue weighted by atomic mass is 32.2. The van der Waals surface area contributed by atoms with Crippen LogP contribution in [0.15, 0.2) is 18.2 Å². The van der Waals surface area contributed by atoms with E-state index in [9.17, 15) is 47.4 Å². The van der Waals surface area contributed by atoms with Crippen LogP contribution in [0.3, 0.4) is 0 Å². The predicted octanol–water partition coefficient (Wildman–Crippen LogP) is -2.38. The molecule has 3 rings (SSSR count). The van der Waals surface area contributed by atoms with Crippen LogP contribution in [0.25, 0.3) is 0 Å². The number of nitrogens with one attached hydrogen (secondary N) is 4. The zero-order valence-corrected chi connectivity index (χ0v) is 18.1. The average Bonchev–Trinajstić information content (AvgIpc) is 3.11. The summed E-state index contributed by atoms with van der Waals surface area (Å²) >= 11 is 0. The van der Waals surface area contributed by atoms with E-state index >= 15 is 0 Å². The maximum Gasteiger partial charge on any atom is 0.405 e. The van der Waals surface area contributed by atoms with Crippen LogP contribution in [0.1, 0.15) is 10.4 Å². The summed E-state index contributed by atoms with van der Waals surface area (Å²) in [4.78, 5) is 71.7. The average molecular weight is 515 g/mol. The van der Waals surface area contributed by atoms with Crippen LogP contribution in [0.5, 0.6) is 11.5 Å². The standard InChI is InChI=1S/C16H17N7O11S/c24-9-2-1-7(5-10(9)25)11(26)18-23-4-3-21(16(23)32)13(28)19-35(33,34)20-14(29)22-6-8(12(22)27)17-15(30)31/h1-2,5,8,17,24-25H,3-4,6H2,(H,18,26)(H,19,28)(H,20,29)(H,30,31). The van der Waals surface area contributed by atoms with E-state index in [1.807, 2.05) is 5.32 Å². The fraction of sp³-hybridized carbons (Fsp3) is 0.250. The van der Waals surface area contributed by atoms with Crippen molar-refractivity contribution in [3.8, 4) is 11.5 Å². The Morgan fingerprint density at radius 2 is 1.57 bits per heavy atom. The van der Waals surface area contributed by atoms with Crippen molar-refractivity contribution in [1.82, 2.24) is 35.0 Å². The third kappa shape index (κ3) is 5.40. The van der Waals surface area contributed by atoms with Crippen molar-refractivity contribution >= 4 is 46.2 Å². The molecule has 19 heteroatoms. The van der Waals surface area contributed by atoms with Crippen LogP contribution < -0.4 is 20.2 Å². The normalized spacial score (nSPS) is 17.5. The molecule has 2 saturated heterocycles. The van der Waals surface area contributed by atoms with Gasteiger partial charge in [0, 0.05) is 5.56 Å². The first kappa shape index (κ1) is 24.8. The Bertz CT molecular complexity index is 1230. The minimum atomic E-state index is -4.90. The number of rotatable bonds is 5. The van der Waals surface area contributed by atoms with Gasteiger partial charge in [-0.15, -0.1) is 0 Å². The molecule has 0 radical (unpaired) electrons. The van der Waals surface area contributed by atoms with Crippen molar-refractivity contribution in [3.05, 3.63) is 23.8 Å². The number of benzene rings is 1. The van der Waals surface area contributed by atoms with Gasteiger partial charge in [0.05, 0.1) is 19.6 Å². The van der Waals surface area contributed by atoms with E-state index in [0.717, 1.165) is 18.2 Å². The van der Waals surface area contributed by atoms with Crippen LogP contribution in [-0.4, -0.2) is 100 Å². The van der Waals surface area contributed by atoms with E-state index in [0.29, 0.717) is 14.8 Å². The second-order valence-corrected chi connectivity index (χ2v) is 8.41. The number of aromatic hydroxyl groups is 2. The SMILES string of the molecule is O=C(O)NC1CN(C(=O)NS(=O)(=O)NC(=O)N2CCN(NC(=O)c3ccc(O)c(O)c3)C2=O)C1=O. The smallest absolute Gasteiger partial charge is 0.405 e. The molecule has 18 nitrogen and oxygen atoms in total. The Hall–Kier alpha value is -4.81. The molecule has 9 amide bonds. The van der Waals surface area contributed by atoms with Crippen molar-refractivity contribution in [2.24, 2.45) is 0 Å². The number of phenols is 2. The fourth-order valence-corrected chi connectivity index (χ4v) is 3.64. The van der Waals surface area contributed by atoms with E-state index < -0.39 is 70.3 Å². The summed E-state index contributed by atoms with van der Waals surface area (Å²) in [5, 5.41) is 29.8. The monoisotopic (exact) mass is 515 g/mol. The quantitative estimate of drug-likeness (QED) is 0.161. The maximum atomic E-state index is 12.4. The zero-order chi connectivity index (χ0) is 26.1. The molecule has 0 saturated carbocycles. The molecule has 1 atom stereocenters. The molecular weight excluding hydrogens is 498 g/mol. The molecule has 1 unspecified atom stereocenters. The molecule has 2 aliphatic heterocycles. The topological polar surface area (TPSA) is 255 Å². The Balaban J connectivity index is 1.54. The molecule has 0 aliphatic carbocycles. The number of β-lactam (4-membered cyclic amide) rings is 1. The number of nitrogens with zero attached hydrogens (tertiary/aromatic N) is 3. The first-order valence-corrected chi connectivity index (χ1v) is 10.9. The van der Waals surface area contributed by atoms with Gasteiger partial charge in [0.15, 0.2) is 11.5 Å². The third-order valence-electron chi connectivity index (χ3n) is 4.64. The van der Waals surface area contributed by atoms with Gasteiger partial charge < -0.3 is 20.6 Å². The van der Waals surface area contributed by atoms with Gasteiger partial charge in [-0.2, -0.15) is 8.42 Å². The minimum absolute atomic E-state index is 0.136. The van der Waals surface area contributed by atoms with Crippen LogP contribution in [0.4, 0.5) is 19.2 Å². The summed E-state index contributed by atoms with van der Waals surface area (Å²) in [6.45, 7) is -1.05. The molecule has 0 spiro atoms. The van der Waals surface area contributed by atoms with Gasteiger partial charge in [0.2, 0.25) is 0 Å². The van der Waals surface area contributed by atoms with Gasteiger partial charge in [-0.05, 0) is 18.2 Å². The number of imide groups is 2. The minimum Gasteiger partial charge on any atom is -0.504 e. The Morgan fingerprint density at radius 3 is 2.14 bits per heavy atom. The lowest BCUT2D eigenvalue weighted by Crippen LogP contribution is -2.67. The Kier molecular flexibility index (Phi) is 6.53. The lowest BCUT2D eigenvalue weighted by molar-refractivity contribution is -0.138. The zero-order valence-electron chi connectivity index (χ0n) is 17.3. The summed E-state index contributed by atoms with van der Waals surface area (Å²) in [5.41, 5.74) is 2.01. The molecule has 2 heterocycles. The number of carbonyl (C=O) groups is 6. The lowest BCUT2D eigenvalue weighted by atomic mass is 10.1. The van der Waals surface area contributed by atoms with Crippen LogP contribution in [0.2, 0.25) is 0 Å². The van der Waals surface area contributed by atoms with Crippen LogP contribution in [-0.2, 0) is 15.0 Å². The largest absolute Gasteiger partial charge is 0.504 e. The maximum absolute atomic E-state index is 12.4. The van der Waals surface area contributed by atoms with Crippen molar-refractivity contribution in [3.63, 3.8) is 0 Å². The highest BCUT2D eigenvalue weighted by Crippen LogP contribution is 2.24. The number of amides is 9. The first-order valence-electron chi connectivity index (χ1n) is 9.40. The van der Waals surface area contributed by atoms with Gasteiger partial charge >= 0.3 is 34.4 Å². The number of carboxylic acid groups (broad SMARTS) is 1. The van der Waals surface area contributed by atoms with Crippen molar-refractivity contribution < 1.29 is 52.5 Å². The summed E-state index contributed by atoms with van der Waals surface area (Å²) < 4.78 is 26.9. The van der Waals surface area contributed by atoms with Crippen molar-refractivity contribution in [2.45, 2.75) is 6.04 Å². The van der Waals surface area contributed by atoms with E-state index in [-0.39, 0.29) is 18.7 Å². The van der Waals surface area contributed by atoms with Crippen LogP contribution >= 0.6 is 0 Å². The summed E-state index contributed by atoms with van der Waals surface area (Å²) in [7, 11) is -4.90. The number of likely N-dealkylation sites (tertiary alicyclic amines) is 1. The first-order chi connectivity index (χ1) is 16.3. The fourth-order valence-electron chi connectivity index (χ4n) is 2.91. The third-order valence-corrected chi connectivity index (χ3v) is 5.53. The molecular formula is C16H17N7O11S. The molecule has 0 bridgehead atoms. The lowest BCUT2D eigenvalue weighted by Gasteiger charge is -2.35. The molecule has 35 heavy (non-hydrogen) atoms. The number of phenolic OH excluding ortho intramolecular Hbond substituents is 2. The number of hydrazine groups is 1. The van der Waals surface area contributed by atoms with E-state index in [1.54, 1.807) is 0 Å². The Labute approximate surface area is 195 Å². The molecule has 7 N–H and O–H groups in total. The molecule has 2 fully saturated rings. The summed E-state index contributed by atoms with van der Waals surface area (Å²) in [6, 6.07) is -2.19. The molecule has 1 aromatic rings. The van der Waals surface area contributed by atoms with Gasteiger partial charge in [-0.1, -0.05) is 0 Å². The highest BCUT2D eigenvalue weighted by molar-refractivity contribution is 7.88. The second-order valence-electron chi connectivity index (χ2n) is 7.00. The number of urea groups is 3. The van der Waals surface area contributed by atoms with Gasteiger partial charge in [0.1, 0.15) is 6.04 Å². The highest BCUT2D eigenvalue weighted by Gasteiger charge is 2.43. The molecule has 1 aromatic carbocycles. The van der Waals surface area contributed by atoms with E-state index in [1.165, 1.54) is 9.44 Å². The van der Waals surface area contributed by atoms with Gasteiger partial charge in [0.25, 0.3) is 11.8 Å². The Morgan fingerprint density at radius 1 is 0.943 bits per heavy atom. The van der Waals surface area contributed by atoms with Crippen LogP contribution in [0, 0.1) is 0 Å². The van der Waals surface area contributed by atoms with E-state index in [2.05, 4.69) is 5.43 Å². The molecule has 188 valence electrons. The molecule has 0 aromatic heterocycles. The summed E-state index contributed by atoms with van der Waals surface area (Å²) in [6.07, 6.45) is -1.52. The predicted molar refractivity (Wildman–Crippen MR) is 109 cm³/mol.